The standard InChI is InChI=1S/C20H23N5O5S/c1-2-7-21-16(26)12-4-3-8-25(10-12)20(28)19-24-23-18(31-19)17(27)22-13-5-6-14-15(9-13)30-11-29-14/h5-6,9,12H,2-4,7-8,10-11H2,1H3,(H,21,26)(H,22,27). The van der Waals surface area contributed by atoms with E-state index in [2.05, 4.69) is 20.8 Å². The molecule has 1 unspecified atom stereocenters. The van der Waals surface area contributed by atoms with E-state index in [1.165, 1.54) is 0 Å². The molecule has 11 heteroatoms. The first kappa shape index (κ1) is 21.0. The number of piperidine rings is 1. The summed E-state index contributed by atoms with van der Waals surface area (Å²) in [5.74, 6) is 0.128. The van der Waals surface area contributed by atoms with Crippen LogP contribution in [0, 0.1) is 5.92 Å². The van der Waals surface area contributed by atoms with E-state index in [0.717, 1.165) is 30.6 Å². The molecule has 1 aromatic heterocycles. The Hall–Kier alpha value is -3.21. The predicted octanol–water partition coefficient (Wildman–Crippen LogP) is 1.90. The summed E-state index contributed by atoms with van der Waals surface area (Å²) in [6.45, 7) is 3.65. The van der Waals surface area contributed by atoms with Gasteiger partial charge in [-0.3, -0.25) is 14.4 Å². The maximum atomic E-state index is 12.8. The van der Waals surface area contributed by atoms with Crippen molar-refractivity contribution in [2.24, 2.45) is 5.92 Å². The number of aromatic nitrogens is 2. The summed E-state index contributed by atoms with van der Waals surface area (Å²) >= 11 is 0.929. The molecule has 2 aromatic rings. The first-order valence-corrected chi connectivity index (χ1v) is 11.0. The highest BCUT2D eigenvalue weighted by Crippen LogP contribution is 2.34. The highest BCUT2D eigenvalue weighted by molar-refractivity contribution is 7.15. The fraction of sp³-hybridized carbons (Fsp3) is 0.450. The number of hydrogen-bond acceptors (Lipinski definition) is 8. The van der Waals surface area contributed by atoms with Crippen molar-refractivity contribution in [1.29, 1.82) is 0 Å². The smallest absolute Gasteiger partial charge is 0.286 e. The average molecular weight is 446 g/mol. The molecule has 4 rings (SSSR count). The number of ether oxygens (including phenoxy) is 2. The van der Waals surface area contributed by atoms with Crippen LogP contribution in [0.15, 0.2) is 18.2 Å². The van der Waals surface area contributed by atoms with Gasteiger partial charge in [0, 0.05) is 31.4 Å². The van der Waals surface area contributed by atoms with Crippen LogP contribution in [0.5, 0.6) is 11.5 Å². The molecule has 3 amide bonds. The lowest BCUT2D eigenvalue weighted by Gasteiger charge is -2.31. The topological polar surface area (TPSA) is 123 Å². The molecular formula is C20H23N5O5S. The van der Waals surface area contributed by atoms with Crippen LogP contribution >= 0.6 is 11.3 Å². The van der Waals surface area contributed by atoms with E-state index in [1.54, 1.807) is 23.1 Å². The third kappa shape index (κ3) is 4.76. The summed E-state index contributed by atoms with van der Waals surface area (Å²) in [5, 5.41) is 13.6. The van der Waals surface area contributed by atoms with Crippen LogP contribution in [0.4, 0.5) is 5.69 Å². The molecule has 2 aliphatic heterocycles. The molecule has 2 aliphatic rings. The minimum absolute atomic E-state index is 0.0274. The minimum atomic E-state index is -0.467. The zero-order chi connectivity index (χ0) is 21.8. The van der Waals surface area contributed by atoms with Gasteiger partial charge in [-0.05, 0) is 31.4 Å². The first-order chi connectivity index (χ1) is 15.0. The molecule has 1 saturated heterocycles. The Kier molecular flexibility index (Phi) is 6.31. The fourth-order valence-electron chi connectivity index (χ4n) is 3.46. The van der Waals surface area contributed by atoms with Crippen molar-refractivity contribution >= 4 is 34.7 Å². The Morgan fingerprint density at radius 2 is 2.00 bits per heavy atom. The van der Waals surface area contributed by atoms with Crippen molar-refractivity contribution in [1.82, 2.24) is 20.4 Å². The second-order valence-electron chi connectivity index (χ2n) is 7.32. The molecule has 0 saturated carbocycles. The van der Waals surface area contributed by atoms with E-state index in [9.17, 15) is 14.4 Å². The van der Waals surface area contributed by atoms with Crippen molar-refractivity contribution in [2.75, 3.05) is 31.7 Å². The summed E-state index contributed by atoms with van der Waals surface area (Å²) in [6.07, 6.45) is 2.35. The molecular weight excluding hydrogens is 422 g/mol. The van der Waals surface area contributed by atoms with Crippen molar-refractivity contribution in [3.8, 4) is 11.5 Å². The third-order valence-corrected chi connectivity index (χ3v) is 5.97. The molecule has 0 spiro atoms. The van der Waals surface area contributed by atoms with E-state index in [4.69, 9.17) is 9.47 Å². The van der Waals surface area contributed by atoms with E-state index in [0.29, 0.717) is 36.8 Å². The lowest BCUT2D eigenvalue weighted by Crippen LogP contribution is -2.45. The van der Waals surface area contributed by atoms with Gasteiger partial charge < -0.3 is 25.0 Å². The van der Waals surface area contributed by atoms with Crippen molar-refractivity contribution < 1.29 is 23.9 Å². The van der Waals surface area contributed by atoms with Crippen LogP contribution in [0.3, 0.4) is 0 Å². The molecule has 1 atom stereocenters. The van der Waals surface area contributed by atoms with Gasteiger partial charge in [0.05, 0.1) is 5.92 Å². The number of amides is 3. The molecule has 0 radical (unpaired) electrons. The van der Waals surface area contributed by atoms with Gasteiger partial charge in [-0.25, -0.2) is 0 Å². The molecule has 10 nitrogen and oxygen atoms in total. The number of anilines is 1. The number of carbonyl (C=O) groups is 3. The number of benzene rings is 1. The van der Waals surface area contributed by atoms with Gasteiger partial charge in [0.15, 0.2) is 11.5 Å². The largest absolute Gasteiger partial charge is 0.454 e. The van der Waals surface area contributed by atoms with E-state index in [-0.39, 0.29) is 34.5 Å². The lowest BCUT2D eigenvalue weighted by molar-refractivity contribution is -0.126. The molecule has 0 aliphatic carbocycles. The Balaban J connectivity index is 1.38. The van der Waals surface area contributed by atoms with Gasteiger partial charge >= 0.3 is 0 Å². The monoisotopic (exact) mass is 445 g/mol. The summed E-state index contributed by atoms with van der Waals surface area (Å²) < 4.78 is 10.5. The van der Waals surface area contributed by atoms with Crippen molar-refractivity contribution in [3.63, 3.8) is 0 Å². The van der Waals surface area contributed by atoms with Crippen LogP contribution in [-0.4, -0.2) is 59.2 Å². The zero-order valence-electron chi connectivity index (χ0n) is 17.1. The Labute approximate surface area is 182 Å². The van der Waals surface area contributed by atoms with Gasteiger partial charge in [0.1, 0.15) is 0 Å². The normalized spacial score (nSPS) is 17.3. The van der Waals surface area contributed by atoms with Crippen molar-refractivity contribution in [2.45, 2.75) is 26.2 Å². The molecule has 3 heterocycles. The van der Waals surface area contributed by atoms with Crippen LogP contribution in [0.25, 0.3) is 0 Å². The van der Waals surface area contributed by atoms with Gasteiger partial charge in [-0.2, -0.15) is 0 Å². The predicted molar refractivity (Wildman–Crippen MR) is 112 cm³/mol. The summed E-state index contributed by atoms with van der Waals surface area (Å²) in [7, 11) is 0. The number of nitrogens with zero attached hydrogens (tertiary/aromatic N) is 3. The fourth-order valence-corrected chi connectivity index (χ4v) is 4.17. The van der Waals surface area contributed by atoms with Gasteiger partial charge in [0.2, 0.25) is 22.7 Å². The zero-order valence-corrected chi connectivity index (χ0v) is 17.9. The van der Waals surface area contributed by atoms with Gasteiger partial charge in [-0.1, -0.05) is 18.3 Å². The summed E-state index contributed by atoms with van der Waals surface area (Å²) in [6, 6.07) is 5.05. The van der Waals surface area contributed by atoms with Crippen LogP contribution < -0.4 is 20.1 Å². The van der Waals surface area contributed by atoms with E-state index < -0.39 is 5.91 Å². The molecule has 0 bridgehead atoms. The lowest BCUT2D eigenvalue weighted by atomic mass is 9.97. The summed E-state index contributed by atoms with van der Waals surface area (Å²) in [4.78, 5) is 39.2. The van der Waals surface area contributed by atoms with Gasteiger partial charge in [0.25, 0.3) is 11.8 Å². The minimum Gasteiger partial charge on any atom is -0.454 e. The molecule has 164 valence electrons. The number of fused-ring (bicyclic) bond motifs is 1. The number of nitrogens with one attached hydrogen (secondary N) is 2. The maximum absolute atomic E-state index is 12.8. The second-order valence-corrected chi connectivity index (χ2v) is 8.29. The number of likely N-dealkylation sites (tertiary alicyclic amines) is 1. The highest BCUT2D eigenvalue weighted by Gasteiger charge is 2.30. The summed E-state index contributed by atoms with van der Waals surface area (Å²) in [5.41, 5.74) is 0.522. The SMILES string of the molecule is CCCNC(=O)C1CCCN(C(=O)c2nnc(C(=O)Nc3ccc4c(c3)OCO4)s2)C1. The quantitative estimate of drug-likeness (QED) is 0.696. The van der Waals surface area contributed by atoms with Crippen LogP contribution in [0.2, 0.25) is 0 Å². The van der Waals surface area contributed by atoms with E-state index >= 15 is 0 Å². The highest BCUT2D eigenvalue weighted by atomic mass is 32.1. The molecule has 2 N–H and O–H groups in total. The molecule has 1 aromatic carbocycles. The average Bonchev–Trinajstić information content (AvgIpc) is 3.46. The second kappa shape index (κ2) is 9.29. The number of rotatable bonds is 6. The van der Waals surface area contributed by atoms with Crippen LogP contribution in [0.1, 0.15) is 45.8 Å². The van der Waals surface area contributed by atoms with Gasteiger partial charge in [-0.15, -0.1) is 10.2 Å². The number of hydrogen-bond donors (Lipinski definition) is 2. The number of carbonyl (C=O) groups excluding carboxylic acids is 3. The van der Waals surface area contributed by atoms with Crippen molar-refractivity contribution in [3.05, 3.63) is 28.2 Å². The van der Waals surface area contributed by atoms with Crippen LogP contribution in [-0.2, 0) is 4.79 Å². The Morgan fingerprint density at radius 3 is 2.84 bits per heavy atom. The first-order valence-electron chi connectivity index (χ1n) is 10.2. The van der Waals surface area contributed by atoms with E-state index in [1.807, 2.05) is 6.92 Å². The Bertz CT molecular complexity index is 994. The molecule has 1 fully saturated rings. The molecule has 31 heavy (non-hydrogen) atoms. The maximum Gasteiger partial charge on any atom is 0.286 e. The third-order valence-electron chi connectivity index (χ3n) is 5.06. The Morgan fingerprint density at radius 1 is 1.19 bits per heavy atom.